The van der Waals surface area contributed by atoms with Crippen molar-refractivity contribution in [3.63, 3.8) is 0 Å². The van der Waals surface area contributed by atoms with E-state index < -0.39 is 10.9 Å². The van der Waals surface area contributed by atoms with Crippen LogP contribution in [0.15, 0.2) is 36.4 Å². The molecular formula is C20H19ClN2O5S. The molecule has 1 heterocycles. The maximum Gasteiger partial charge on any atom is 0.343 e. The minimum atomic E-state index is -0.749. The van der Waals surface area contributed by atoms with Gasteiger partial charge in [-0.15, -0.1) is 0 Å². The Bertz CT molecular complexity index is 960. The molecule has 9 heteroatoms. The average molecular weight is 435 g/mol. The second-order valence-corrected chi connectivity index (χ2v) is 7.20. The summed E-state index contributed by atoms with van der Waals surface area (Å²) in [6.07, 6.45) is 2.22. The van der Waals surface area contributed by atoms with Crippen LogP contribution in [0.1, 0.15) is 35.7 Å². The Hall–Kier alpha value is -2.71. The van der Waals surface area contributed by atoms with Crippen molar-refractivity contribution in [2.45, 2.75) is 19.8 Å². The zero-order valence-corrected chi connectivity index (χ0v) is 17.3. The van der Waals surface area contributed by atoms with E-state index in [2.05, 4.69) is 4.90 Å². The molecule has 1 aliphatic rings. The SMILES string of the molecule is CCOc1cc(C(=S)N2CCCC2)ccc1OC(=O)c1ccc(Cl)c([N+](=O)[O-])c1. The maximum absolute atomic E-state index is 12.5. The zero-order chi connectivity index (χ0) is 21.0. The summed E-state index contributed by atoms with van der Waals surface area (Å²) in [4.78, 5) is 25.8. The largest absolute Gasteiger partial charge is 0.490 e. The van der Waals surface area contributed by atoms with Gasteiger partial charge < -0.3 is 14.4 Å². The quantitative estimate of drug-likeness (QED) is 0.215. The molecule has 0 unspecified atom stereocenters. The highest BCUT2D eigenvalue weighted by Crippen LogP contribution is 2.31. The van der Waals surface area contributed by atoms with Crippen LogP contribution in [0.5, 0.6) is 11.5 Å². The van der Waals surface area contributed by atoms with Crippen LogP contribution in [0.2, 0.25) is 5.02 Å². The normalized spacial score (nSPS) is 13.2. The van der Waals surface area contributed by atoms with E-state index in [4.69, 9.17) is 33.3 Å². The molecule has 0 bridgehead atoms. The van der Waals surface area contributed by atoms with E-state index in [0.717, 1.165) is 42.5 Å². The van der Waals surface area contributed by atoms with Crippen molar-refractivity contribution in [1.82, 2.24) is 4.90 Å². The van der Waals surface area contributed by atoms with Gasteiger partial charge in [0.25, 0.3) is 5.69 Å². The molecule has 29 heavy (non-hydrogen) atoms. The third-order valence-electron chi connectivity index (χ3n) is 4.46. The summed E-state index contributed by atoms with van der Waals surface area (Å²) in [7, 11) is 0. The molecule has 0 atom stereocenters. The fraction of sp³-hybridized carbons (Fsp3) is 0.300. The number of nitro groups is 1. The predicted molar refractivity (Wildman–Crippen MR) is 113 cm³/mol. The minimum Gasteiger partial charge on any atom is -0.490 e. The first-order valence-corrected chi connectivity index (χ1v) is 9.91. The monoisotopic (exact) mass is 434 g/mol. The van der Waals surface area contributed by atoms with Gasteiger partial charge in [-0.25, -0.2) is 4.79 Å². The van der Waals surface area contributed by atoms with Gasteiger partial charge in [0, 0.05) is 24.7 Å². The van der Waals surface area contributed by atoms with Crippen molar-refractivity contribution in [3.8, 4) is 11.5 Å². The maximum atomic E-state index is 12.5. The summed E-state index contributed by atoms with van der Waals surface area (Å²) in [5, 5.41) is 11.0. The van der Waals surface area contributed by atoms with Crippen molar-refractivity contribution in [2.75, 3.05) is 19.7 Å². The summed E-state index contributed by atoms with van der Waals surface area (Å²) in [5.74, 6) is -0.161. The van der Waals surface area contributed by atoms with Crippen LogP contribution >= 0.6 is 23.8 Å². The number of halogens is 1. The number of benzene rings is 2. The first kappa shape index (κ1) is 21.0. The fourth-order valence-electron chi connectivity index (χ4n) is 3.03. The number of thiocarbonyl (C=S) groups is 1. The number of carbonyl (C=O) groups is 1. The molecular weight excluding hydrogens is 416 g/mol. The standard InChI is InChI=1S/C20H19ClN2O5S/c1-2-27-18-12-13(19(29)22-9-3-4-10-22)6-8-17(18)28-20(24)14-5-7-15(21)16(11-14)23(25)26/h5-8,11-12H,2-4,9-10H2,1H3. The first-order valence-electron chi connectivity index (χ1n) is 9.13. The first-order chi connectivity index (χ1) is 13.9. The lowest BCUT2D eigenvalue weighted by atomic mass is 10.1. The van der Waals surface area contributed by atoms with Crippen LogP contribution in [-0.2, 0) is 0 Å². The Morgan fingerprint density at radius 3 is 2.52 bits per heavy atom. The van der Waals surface area contributed by atoms with E-state index in [-0.39, 0.29) is 22.0 Å². The number of nitrogens with zero attached hydrogens (tertiary/aromatic N) is 2. The number of nitro benzene ring substituents is 1. The van der Waals surface area contributed by atoms with Gasteiger partial charge in [0.05, 0.1) is 17.1 Å². The molecule has 152 valence electrons. The Morgan fingerprint density at radius 1 is 1.17 bits per heavy atom. The molecule has 0 aromatic heterocycles. The average Bonchev–Trinajstić information content (AvgIpc) is 3.23. The topological polar surface area (TPSA) is 81.9 Å². The molecule has 3 rings (SSSR count). The van der Waals surface area contributed by atoms with Gasteiger partial charge in [-0.1, -0.05) is 23.8 Å². The molecule has 1 saturated heterocycles. The minimum absolute atomic E-state index is 0.0141. The number of hydrogen-bond acceptors (Lipinski definition) is 6. The number of carbonyl (C=O) groups excluding carboxylic acids is 1. The lowest BCUT2D eigenvalue weighted by Crippen LogP contribution is -2.26. The van der Waals surface area contributed by atoms with E-state index in [1.54, 1.807) is 18.2 Å². The Balaban J connectivity index is 1.84. The van der Waals surface area contributed by atoms with Gasteiger partial charge in [-0.05, 0) is 50.1 Å². The molecule has 7 nitrogen and oxygen atoms in total. The predicted octanol–water partition coefficient (Wildman–Crippen LogP) is 4.64. The van der Waals surface area contributed by atoms with E-state index in [1.165, 1.54) is 12.1 Å². The summed E-state index contributed by atoms with van der Waals surface area (Å²) in [6.45, 7) is 4.04. The van der Waals surface area contributed by atoms with Crippen molar-refractivity contribution in [3.05, 3.63) is 62.7 Å². The van der Waals surface area contributed by atoms with E-state index in [1.807, 2.05) is 6.92 Å². The highest BCUT2D eigenvalue weighted by molar-refractivity contribution is 7.80. The molecule has 0 aliphatic carbocycles. The summed E-state index contributed by atoms with van der Waals surface area (Å²) in [5.41, 5.74) is 0.463. The number of likely N-dealkylation sites (tertiary alicyclic amines) is 1. The Labute approximate surface area is 178 Å². The Morgan fingerprint density at radius 2 is 1.86 bits per heavy atom. The molecule has 0 spiro atoms. The second-order valence-electron chi connectivity index (χ2n) is 6.41. The number of rotatable bonds is 6. The smallest absolute Gasteiger partial charge is 0.343 e. The van der Waals surface area contributed by atoms with Gasteiger partial charge in [0.2, 0.25) is 0 Å². The molecule has 0 amide bonds. The zero-order valence-electron chi connectivity index (χ0n) is 15.7. The molecule has 0 radical (unpaired) electrons. The van der Waals surface area contributed by atoms with Crippen molar-refractivity contribution in [1.29, 1.82) is 0 Å². The lowest BCUT2D eigenvalue weighted by molar-refractivity contribution is -0.384. The number of hydrogen-bond donors (Lipinski definition) is 0. The molecule has 0 N–H and O–H groups in total. The van der Waals surface area contributed by atoms with Gasteiger partial charge in [0.15, 0.2) is 11.5 Å². The van der Waals surface area contributed by atoms with Crippen molar-refractivity contribution < 1.29 is 19.2 Å². The number of esters is 1. The van der Waals surface area contributed by atoms with Crippen molar-refractivity contribution in [2.24, 2.45) is 0 Å². The van der Waals surface area contributed by atoms with Crippen LogP contribution in [0, 0.1) is 10.1 Å². The summed E-state index contributed by atoms with van der Waals surface area (Å²) in [6, 6.07) is 8.88. The highest BCUT2D eigenvalue weighted by atomic mass is 35.5. The van der Waals surface area contributed by atoms with Gasteiger partial charge in [-0.2, -0.15) is 0 Å². The summed E-state index contributed by atoms with van der Waals surface area (Å²) < 4.78 is 11.1. The molecule has 2 aromatic rings. The van der Waals surface area contributed by atoms with E-state index in [0.29, 0.717) is 12.4 Å². The van der Waals surface area contributed by atoms with Crippen LogP contribution < -0.4 is 9.47 Å². The third kappa shape index (κ3) is 4.83. The van der Waals surface area contributed by atoms with E-state index in [9.17, 15) is 14.9 Å². The van der Waals surface area contributed by atoms with Gasteiger partial charge in [-0.3, -0.25) is 10.1 Å². The van der Waals surface area contributed by atoms with Crippen LogP contribution in [0.4, 0.5) is 5.69 Å². The molecule has 0 saturated carbocycles. The summed E-state index contributed by atoms with van der Waals surface area (Å²) >= 11 is 11.4. The van der Waals surface area contributed by atoms with Crippen LogP contribution in [-0.4, -0.2) is 40.5 Å². The Kier molecular flexibility index (Phi) is 6.66. The molecule has 1 aliphatic heterocycles. The lowest BCUT2D eigenvalue weighted by Gasteiger charge is -2.20. The molecule has 2 aromatic carbocycles. The molecule has 1 fully saturated rings. The van der Waals surface area contributed by atoms with Crippen LogP contribution in [0.3, 0.4) is 0 Å². The number of ether oxygens (including phenoxy) is 2. The van der Waals surface area contributed by atoms with Gasteiger partial charge >= 0.3 is 5.97 Å². The van der Waals surface area contributed by atoms with Gasteiger partial charge in [0.1, 0.15) is 10.0 Å². The van der Waals surface area contributed by atoms with Crippen molar-refractivity contribution >= 4 is 40.5 Å². The third-order valence-corrected chi connectivity index (χ3v) is 5.28. The second kappa shape index (κ2) is 9.19. The fourth-order valence-corrected chi connectivity index (χ4v) is 3.53. The van der Waals surface area contributed by atoms with Crippen LogP contribution in [0.25, 0.3) is 0 Å². The van der Waals surface area contributed by atoms with E-state index >= 15 is 0 Å². The highest BCUT2D eigenvalue weighted by Gasteiger charge is 2.21.